The van der Waals surface area contributed by atoms with E-state index in [2.05, 4.69) is 59.9 Å². The molecule has 0 radical (unpaired) electrons. The fourth-order valence-corrected chi connectivity index (χ4v) is 4.67. The molecule has 4 heteroatoms. The average molecular weight is 360 g/mol. The van der Waals surface area contributed by atoms with Crippen molar-refractivity contribution in [2.75, 3.05) is 31.6 Å². The van der Waals surface area contributed by atoms with Crippen molar-refractivity contribution in [1.29, 1.82) is 0 Å². The maximum absolute atomic E-state index is 12.9. The lowest BCUT2D eigenvalue weighted by molar-refractivity contribution is 0.0303. The van der Waals surface area contributed by atoms with Gasteiger partial charge in [-0.2, -0.15) is 0 Å². The van der Waals surface area contributed by atoms with Crippen LogP contribution in [0.3, 0.4) is 0 Å². The van der Waals surface area contributed by atoms with Gasteiger partial charge in [0.15, 0.2) is 0 Å². The zero-order valence-electron chi connectivity index (χ0n) is 15.3. The van der Waals surface area contributed by atoms with Crippen LogP contribution in [-0.4, -0.2) is 37.1 Å². The summed E-state index contributed by atoms with van der Waals surface area (Å²) in [5.41, 5.74) is 4.51. The Kier molecular flexibility index (Phi) is 4.21. The van der Waals surface area contributed by atoms with Gasteiger partial charge in [0.1, 0.15) is 0 Å². The molecule has 2 aromatic rings. The minimum absolute atomic E-state index is 0.116. The first-order chi connectivity index (χ1) is 13.3. The summed E-state index contributed by atoms with van der Waals surface area (Å²) < 4.78 is 5.37. The Bertz CT molecular complexity index is 871. The summed E-state index contributed by atoms with van der Waals surface area (Å²) in [7, 11) is 0. The Labute approximate surface area is 159 Å². The van der Waals surface area contributed by atoms with Crippen molar-refractivity contribution in [3.8, 4) is 0 Å². The topological polar surface area (TPSA) is 41.6 Å². The van der Waals surface area contributed by atoms with Gasteiger partial charge in [0.25, 0.3) is 5.91 Å². The van der Waals surface area contributed by atoms with Crippen molar-refractivity contribution in [3.05, 3.63) is 77.4 Å². The summed E-state index contributed by atoms with van der Waals surface area (Å²) in [5.74, 6) is 0.974. The van der Waals surface area contributed by atoms with Crippen LogP contribution in [0.2, 0.25) is 0 Å². The van der Waals surface area contributed by atoms with Crippen LogP contribution in [0.1, 0.15) is 39.9 Å². The van der Waals surface area contributed by atoms with E-state index in [4.69, 9.17) is 4.74 Å². The zero-order chi connectivity index (χ0) is 18.2. The first kappa shape index (κ1) is 16.6. The molecule has 3 aliphatic rings. The summed E-state index contributed by atoms with van der Waals surface area (Å²) in [6.45, 7) is 2.61. The highest BCUT2D eigenvalue weighted by Crippen LogP contribution is 2.49. The standard InChI is InChI=1S/C23H24N2O2/c26-23(25-11-13-27-14-12-25)17-9-10-21-20(15-17)18-7-4-8-19(18)22(24-21)16-5-2-1-3-6-16/h1-7,9-10,15,18-19,22,24H,8,11-14H2/t18-,19+,22+/m0/s1. The van der Waals surface area contributed by atoms with E-state index in [1.54, 1.807) is 0 Å². The SMILES string of the molecule is O=C(c1ccc2c(c1)[C@H]1C=CC[C@H]1[C@@H](c1ccccc1)N2)N1CCOCC1. The first-order valence-corrected chi connectivity index (χ1v) is 9.80. The van der Waals surface area contributed by atoms with Crippen LogP contribution in [0.15, 0.2) is 60.7 Å². The maximum atomic E-state index is 12.9. The molecule has 1 fully saturated rings. The summed E-state index contributed by atoms with van der Waals surface area (Å²) in [4.78, 5) is 14.8. The van der Waals surface area contributed by atoms with Gasteiger partial charge < -0.3 is 15.0 Å². The summed E-state index contributed by atoms with van der Waals surface area (Å²) in [6.07, 6.45) is 5.68. The molecule has 3 atom stereocenters. The Balaban J connectivity index is 1.47. The van der Waals surface area contributed by atoms with E-state index in [1.807, 2.05) is 11.0 Å². The molecule has 2 aliphatic heterocycles. The minimum Gasteiger partial charge on any atom is -0.378 e. The Morgan fingerprint density at radius 3 is 2.70 bits per heavy atom. The number of nitrogens with zero attached hydrogens (tertiary/aromatic N) is 1. The molecule has 138 valence electrons. The predicted molar refractivity (Wildman–Crippen MR) is 106 cm³/mol. The first-order valence-electron chi connectivity index (χ1n) is 9.80. The second kappa shape index (κ2) is 6.86. The Hall–Kier alpha value is -2.59. The molecule has 27 heavy (non-hydrogen) atoms. The largest absolute Gasteiger partial charge is 0.378 e. The summed E-state index contributed by atoms with van der Waals surface area (Å²) >= 11 is 0. The Morgan fingerprint density at radius 1 is 1.07 bits per heavy atom. The number of ether oxygens (including phenoxy) is 1. The zero-order valence-corrected chi connectivity index (χ0v) is 15.3. The molecule has 0 spiro atoms. The number of hydrogen-bond acceptors (Lipinski definition) is 3. The van der Waals surface area contributed by atoms with Crippen LogP contribution in [0.4, 0.5) is 5.69 Å². The number of nitrogens with one attached hydrogen (secondary N) is 1. The highest BCUT2D eigenvalue weighted by molar-refractivity contribution is 5.95. The lowest BCUT2D eigenvalue weighted by atomic mass is 9.76. The monoisotopic (exact) mass is 360 g/mol. The average Bonchev–Trinajstić information content (AvgIpc) is 3.24. The van der Waals surface area contributed by atoms with Gasteiger partial charge in [-0.05, 0) is 41.7 Å². The number of benzene rings is 2. The quantitative estimate of drug-likeness (QED) is 0.824. The number of hydrogen-bond donors (Lipinski definition) is 1. The fourth-order valence-electron chi connectivity index (χ4n) is 4.67. The van der Waals surface area contributed by atoms with Crippen LogP contribution in [0, 0.1) is 5.92 Å². The van der Waals surface area contributed by atoms with Gasteiger partial charge in [0.05, 0.1) is 19.3 Å². The smallest absolute Gasteiger partial charge is 0.254 e. The van der Waals surface area contributed by atoms with Crippen LogP contribution >= 0.6 is 0 Å². The van der Waals surface area contributed by atoms with E-state index < -0.39 is 0 Å². The minimum atomic E-state index is 0.116. The molecular weight excluding hydrogens is 336 g/mol. The lowest BCUT2D eigenvalue weighted by Crippen LogP contribution is -2.40. The van der Waals surface area contributed by atoms with Gasteiger partial charge in [-0.25, -0.2) is 0 Å². The normalized spacial score (nSPS) is 26.2. The maximum Gasteiger partial charge on any atom is 0.254 e. The number of allylic oxidation sites excluding steroid dienone is 2. The molecule has 0 aromatic heterocycles. The van der Waals surface area contributed by atoms with Crippen molar-refractivity contribution < 1.29 is 9.53 Å². The second-order valence-corrected chi connectivity index (χ2v) is 7.59. The van der Waals surface area contributed by atoms with E-state index in [0.717, 1.165) is 17.7 Å². The van der Waals surface area contributed by atoms with E-state index >= 15 is 0 Å². The van der Waals surface area contributed by atoms with Gasteiger partial charge in [-0.1, -0.05) is 42.5 Å². The summed E-state index contributed by atoms with van der Waals surface area (Å²) in [6, 6.07) is 17.1. The predicted octanol–water partition coefficient (Wildman–Crippen LogP) is 3.99. The van der Waals surface area contributed by atoms with Gasteiger partial charge in [-0.3, -0.25) is 4.79 Å². The number of carbonyl (C=O) groups excluding carboxylic acids is 1. The van der Waals surface area contributed by atoms with Crippen LogP contribution in [-0.2, 0) is 4.74 Å². The van der Waals surface area contributed by atoms with Gasteiger partial charge in [0.2, 0.25) is 0 Å². The van der Waals surface area contributed by atoms with E-state index in [1.165, 1.54) is 11.1 Å². The van der Waals surface area contributed by atoms with Crippen LogP contribution in [0.25, 0.3) is 0 Å². The third-order valence-corrected chi connectivity index (χ3v) is 6.07. The number of fused-ring (bicyclic) bond motifs is 3. The molecule has 4 nitrogen and oxygen atoms in total. The molecule has 1 saturated heterocycles. The molecule has 2 aromatic carbocycles. The van der Waals surface area contributed by atoms with Gasteiger partial charge in [0, 0.05) is 30.3 Å². The molecule has 2 heterocycles. The highest BCUT2D eigenvalue weighted by atomic mass is 16.5. The van der Waals surface area contributed by atoms with Crippen LogP contribution in [0.5, 0.6) is 0 Å². The third-order valence-electron chi connectivity index (χ3n) is 6.07. The number of rotatable bonds is 2. The van der Waals surface area contributed by atoms with Crippen LogP contribution < -0.4 is 5.32 Å². The van der Waals surface area contributed by atoms with E-state index in [0.29, 0.717) is 44.2 Å². The molecule has 0 bridgehead atoms. The Morgan fingerprint density at radius 2 is 1.89 bits per heavy atom. The molecular formula is C23H24N2O2. The molecule has 5 rings (SSSR count). The lowest BCUT2D eigenvalue weighted by Gasteiger charge is -2.38. The van der Waals surface area contributed by atoms with Gasteiger partial charge >= 0.3 is 0 Å². The third kappa shape index (κ3) is 2.94. The number of carbonyl (C=O) groups is 1. The van der Waals surface area contributed by atoms with E-state index in [-0.39, 0.29) is 5.91 Å². The molecule has 1 N–H and O–H groups in total. The fraction of sp³-hybridized carbons (Fsp3) is 0.348. The highest BCUT2D eigenvalue weighted by Gasteiger charge is 2.38. The molecule has 1 aliphatic carbocycles. The number of morpholine rings is 1. The molecule has 1 amide bonds. The van der Waals surface area contributed by atoms with Crippen molar-refractivity contribution >= 4 is 11.6 Å². The van der Waals surface area contributed by atoms with Crippen molar-refractivity contribution in [2.24, 2.45) is 5.92 Å². The molecule has 0 saturated carbocycles. The van der Waals surface area contributed by atoms with Crippen molar-refractivity contribution in [1.82, 2.24) is 4.90 Å². The van der Waals surface area contributed by atoms with E-state index in [9.17, 15) is 4.79 Å². The number of anilines is 1. The van der Waals surface area contributed by atoms with Crippen molar-refractivity contribution in [2.45, 2.75) is 18.4 Å². The number of amides is 1. The van der Waals surface area contributed by atoms with Crippen molar-refractivity contribution in [3.63, 3.8) is 0 Å². The van der Waals surface area contributed by atoms with Gasteiger partial charge in [-0.15, -0.1) is 0 Å². The molecule has 0 unspecified atom stereocenters. The summed E-state index contributed by atoms with van der Waals surface area (Å²) in [5, 5.41) is 3.75. The second-order valence-electron chi connectivity index (χ2n) is 7.59.